The van der Waals surface area contributed by atoms with E-state index in [1.807, 2.05) is 32.0 Å². The Kier molecular flexibility index (Phi) is 6.05. The van der Waals surface area contributed by atoms with Crippen LogP contribution in [-0.2, 0) is 11.2 Å². The average Bonchev–Trinajstić information content (AvgIpc) is 2.56. The minimum atomic E-state index is -0.148. The number of hydrogen-bond acceptors (Lipinski definition) is 2. The van der Waals surface area contributed by atoms with Crippen LogP contribution < -0.4 is 10.1 Å². The van der Waals surface area contributed by atoms with Gasteiger partial charge in [-0.3, -0.25) is 4.79 Å². The molecule has 1 amide bonds. The highest BCUT2D eigenvalue weighted by molar-refractivity contribution is 6.31. The number of carbonyl (C=O) groups excluding carboxylic acids is 1. The van der Waals surface area contributed by atoms with Gasteiger partial charge < -0.3 is 10.1 Å². The molecule has 0 aliphatic carbocycles. The molecule has 1 unspecified atom stereocenters. The molecule has 1 N–H and O–H groups in total. The Morgan fingerprint density at radius 2 is 1.91 bits per heavy atom. The van der Waals surface area contributed by atoms with E-state index in [2.05, 4.69) is 24.4 Å². The molecule has 4 heteroatoms. The van der Waals surface area contributed by atoms with Gasteiger partial charge in [-0.05, 0) is 55.2 Å². The third kappa shape index (κ3) is 5.00. The number of hydrogen-bond donors (Lipinski definition) is 1. The summed E-state index contributed by atoms with van der Waals surface area (Å²) in [7, 11) is 0. The molecule has 0 radical (unpaired) electrons. The van der Waals surface area contributed by atoms with Gasteiger partial charge in [-0.2, -0.15) is 0 Å². The van der Waals surface area contributed by atoms with Gasteiger partial charge in [0.05, 0.1) is 6.04 Å². The lowest BCUT2D eigenvalue weighted by atomic mass is 10.1. The number of amides is 1. The van der Waals surface area contributed by atoms with Crippen LogP contribution in [0.25, 0.3) is 0 Å². The molecule has 23 heavy (non-hydrogen) atoms. The predicted molar refractivity (Wildman–Crippen MR) is 94.1 cm³/mol. The van der Waals surface area contributed by atoms with Crippen molar-refractivity contribution in [2.75, 3.05) is 6.61 Å². The molecule has 0 aromatic heterocycles. The van der Waals surface area contributed by atoms with Gasteiger partial charge in [0.1, 0.15) is 5.75 Å². The Balaban J connectivity index is 1.86. The fourth-order valence-corrected chi connectivity index (χ4v) is 2.38. The molecule has 0 bridgehead atoms. The van der Waals surface area contributed by atoms with Crippen molar-refractivity contribution in [3.05, 3.63) is 64.2 Å². The molecule has 0 saturated carbocycles. The number of halogens is 1. The molecule has 1 atom stereocenters. The monoisotopic (exact) mass is 331 g/mol. The first kappa shape index (κ1) is 17.4. The molecule has 0 fully saturated rings. The smallest absolute Gasteiger partial charge is 0.258 e. The molecule has 0 aliphatic rings. The molecule has 3 nitrogen and oxygen atoms in total. The molecule has 0 heterocycles. The van der Waals surface area contributed by atoms with Crippen LogP contribution in [0, 0.1) is 6.92 Å². The summed E-state index contributed by atoms with van der Waals surface area (Å²) in [5.41, 5.74) is 3.29. The molecule has 0 saturated heterocycles. The maximum absolute atomic E-state index is 12.0. The molecule has 0 spiro atoms. The van der Waals surface area contributed by atoms with Crippen LogP contribution in [0.3, 0.4) is 0 Å². The van der Waals surface area contributed by atoms with Crippen LogP contribution in [-0.4, -0.2) is 12.5 Å². The summed E-state index contributed by atoms with van der Waals surface area (Å²) in [6, 6.07) is 13.6. The lowest BCUT2D eigenvalue weighted by Crippen LogP contribution is -2.31. The van der Waals surface area contributed by atoms with E-state index < -0.39 is 0 Å². The fourth-order valence-electron chi connectivity index (χ4n) is 2.26. The fraction of sp³-hybridized carbons (Fsp3) is 0.316. The minimum absolute atomic E-state index is 0.0154. The predicted octanol–water partition coefficient (Wildman–Crippen LogP) is 4.47. The summed E-state index contributed by atoms with van der Waals surface area (Å²) in [5, 5.41) is 3.63. The van der Waals surface area contributed by atoms with Crippen LogP contribution in [0.2, 0.25) is 5.02 Å². The molecule has 2 aromatic rings. The SMILES string of the molecule is CCc1ccc(C(C)NC(=O)COc2ccc(Cl)c(C)c2)cc1. The van der Waals surface area contributed by atoms with E-state index in [9.17, 15) is 4.79 Å². The van der Waals surface area contributed by atoms with Crippen molar-refractivity contribution >= 4 is 17.5 Å². The summed E-state index contributed by atoms with van der Waals surface area (Å²) >= 11 is 5.97. The zero-order chi connectivity index (χ0) is 16.8. The molecule has 2 aromatic carbocycles. The topological polar surface area (TPSA) is 38.3 Å². The maximum Gasteiger partial charge on any atom is 0.258 e. The third-order valence-corrected chi connectivity index (χ3v) is 4.19. The van der Waals surface area contributed by atoms with E-state index in [1.54, 1.807) is 12.1 Å². The first-order valence-corrected chi connectivity index (χ1v) is 8.14. The summed E-state index contributed by atoms with van der Waals surface area (Å²) in [5.74, 6) is 0.492. The van der Waals surface area contributed by atoms with Crippen molar-refractivity contribution in [3.8, 4) is 5.75 Å². The van der Waals surface area contributed by atoms with E-state index in [4.69, 9.17) is 16.3 Å². The van der Waals surface area contributed by atoms with Crippen molar-refractivity contribution in [2.45, 2.75) is 33.2 Å². The van der Waals surface area contributed by atoms with Gasteiger partial charge in [0, 0.05) is 5.02 Å². The van der Waals surface area contributed by atoms with Gasteiger partial charge in [0.15, 0.2) is 6.61 Å². The Morgan fingerprint density at radius 3 is 2.52 bits per heavy atom. The second-order valence-corrected chi connectivity index (χ2v) is 5.99. The van der Waals surface area contributed by atoms with Crippen LogP contribution in [0.15, 0.2) is 42.5 Å². The number of rotatable bonds is 6. The number of aryl methyl sites for hydroxylation is 2. The normalized spacial score (nSPS) is 11.8. The van der Waals surface area contributed by atoms with E-state index in [-0.39, 0.29) is 18.6 Å². The average molecular weight is 332 g/mol. The van der Waals surface area contributed by atoms with E-state index in [0.29, 0.717) is 10.8 Å². The van der Waals surface area contributed by atoms with Gasteiger partial charge in [-0.1, -0.05) is 42.8 Å². The quantitative estimate of drug-likeness (QED) is 0.848. The zero-order valence-electron chi connectivity index (χ0n) is 13.7. The summed E-state index contributed by atoms with van der Waals surface area (Å²) in [4.78, 5) is 12.0. The lowest BCUT2D eigenvalue weighted by Gasteiger charge is -2.15. The van der Waals surface area contributed by atoms with Crippen LogP contribution >= 0.6 is 11.6 Å². The standard InChI is InChI=1S/C19H22ClNO2/c1-4-15-5-7-16(8-6-15)14(3)21-19(22)12-23-17-9-10-18(20)13(2)11-17/h5-11,14H,4,12H2,1-3H3,(H,21,22). The molecule has 2 rings (SSSR count). The second kappa shape index (κ2) is 8.02. The number of carbonyl (C=O) groups is 1. The minimum Gasteiger partial charge on any atom is -0.484 e. The van der Waals surface area contributed by atoms with Crippen molar-refractivity contribution in [1.29, 1.82) is 0 Å². The van der Waals surface area contributed by atoms with Crippen molar-refractivity contribution in [2.24, 2.45) is 0 Å². The summed E-state index contributed by atoms with van der Waals surface area (Å²) in [6.07, 6.45) is 1.01. The number of ether oxygens (including phenoxy) is 1. The molecular formula is C19H22ClNO2. The summed E-state index contributed by atoms with van der Waals surface area (Å²) < 4.78 is 5.51. The van der Waals surface area contributed by atoms with Crippen LogP contribution in [0.1, 0.15) is 36.6 Å². The molecular weight excluding hydrogens is 310 g/mol. The van der Waals surface area contributed by atoms with E-state index >= 15 is 0 Å². The lowest BCUT2D eigenvalue weighted by molar-refractivity contribution is -0.123. The van der Waals surface area contributed by atoms with E-state index in [1.165, 1.54) is 5.56 Å². The van der Waals surface area contributed by atoms with Crippen molar-refractivity contribution in [3.63, 3.8) is 0 Å². The van der Waals surface area contributed by atoms with Crippen LogP contribution in [0.5, 0.6) is 5.75 Å². The molecule has 0 aliphatic heterocycles. The van der Waals surface area contributed by atoms with Gasteiger partial charge in [0.25, 0.3) is 5.91 Å². The zero-order valence-corrected chi connectivity index (χ0v) is 14.5. The summed E-state index contributed by atoms with van der Waals surface area (Å²) in [6.45, 7) is 5.97. The van der Waals surface area contributed by atoms with Gasteiger partial charge in [0.2, 0.25) is 0 Å². The highest BCUT2D eigenvalue weighted by atomic mass is 35.5. The molecule has 122 valence electrons. The highest BCUT2D eigenvalue weighted by Gasteiger charge is 2.10. The third-order valence-electron chi connectivity index (χ3n) is 3.76. The van der Waals surface area contributed by atoms with E-state index in [0.717, 1.165) is 17.5 Å². The Bertz CT molecular complexity index is 668. The van der Waals surface area contributed by atoms with Crippen molar-refractivity contribution in [1.82, 2.24) is 5.32 Å². The Hall–Kier alpha value is -2.00. The Labute approximate surface area is 142 Å². The first-order chi connectivity index (χ1) is 11.0. The van der Waals surface area contributed by atoms with Crippen LogP contribution in [0.4, 0.5) is 0 Å². The number of benzene rings is 2. The first-order valence-electron chi connectivity index (χ1n) is 7.76. The van der Waals surface area contributed by atoms with Crippen molar-refractivity contribution < 1.29 is 9.53 Å². The Morgan fingerprint density at radius 1 is 1.22 bits per heavy atom. The van der Waals surface area contributed by atoms with Gasteiger partial charge in [-0.25, -0.2) is 0 Å². The highest BCUT2D eigenvalue weighted by Crippen LogP contribution is 2.21. The van der Waals surface area contributed by atoms with Gasteiger partial charge >= 0.3 is 0 Å². The van der Waals surface area contributed by atoms with Gasteiger partial charge in [-0.15, -0.1) is 0 Å². The number of nitrogens with one attached hydrogen (secondary N) is 1. The maximum atomic E-state index is 12.0. The largest absolute Gasteiger partial charge is 0.484 e. The second-order valence-electron chi connectivity index (χ2n) is 5.58.